The van der Waals surface area contributed by atoms with Crippen molar-refractivity contribution < 1.29 is 17.9 Å². The molecule has 10 heteroatoms. The molecular formula is C32H37N5O4S. The number of hydrogen-bond donors (Lipinski definition) is 2. The van der Waals surface area contributed by atoms with Gasteiger partial charge in [-0.25, -0.2) is 18.1 Å². The third-order valence-electron chi connectivity index (χ3n) is 9.77. The quantitative estimate of drug-likeness (QED) is 0.441. The predicted octanol–water partition coefficient (Wildman–Crippen LogP) is 4.85. The van der Waals surface area contributed by atoms with Gasteiger partial charge in [-0.15, -0.1) is 0 Å². The molecule has 2 aliphatic carbocycles. The van der Waals surface area contributed by atoms with Crippen molar-refractivity contribution in [2.75, 3.05) is 17.8 Å². The van der Waals surface area contributed by atoms with Crippen LogP contribution in [0.4, 0.5) is 5.95 Å². The second-order valence-electron chi connectivity index (χ2n) is 12.6. The minimum Gasteiger partial charge on any atom is -0.471 e. The number of sulfonamides is 1. The highest BCUT2D eigenvalue weighted by atomic mass is 32.2. The number of nitrogens with zero attached hydrogens (tertiary/aromatic N) is 3. The fourth-order valence-electron chi connectivity index (χ4n) is 7.56. The van der Waals surface area contributed by atoms with E-state index in [1.165, 1.54) is 50.7 Å². The number of anilines is 1. The molecule has 0 unspecified atom stereocenters. The Morgan fingerprint density at radius 1 is 1.00 bits per heavy atom. The molecule has 42 heavy (non-hydrogen) atoms. The van der Waals surface area contributed by atoms with Gasteiger partial charge in [0, 0.05) is 36.3 Å². The van der Waals surface area contributed by atoms with Gasteiger partial charge in [0.25, 0.3) is 15.9 Å². The Morgan fingerprint density at radius 3 is 2.50 bits per heavy atom. The zero-order valence-electron chi connectivity index (χ0n) is 24.1. The number of piperidine rings is 1. The zero-order chi connectivity index (χ0) is 29.1. The summed E-state index contributed by atoms with van der Waals surface area (Å²) in [6.45, 7) is 5.55. The topological polar surface area (TPSA) is 114 Å². The normalized spacial score (nSPS) is 25.0. The van der Waals surface area contributed by atoms with E-state index in [9.17, 15) is 13.2 Å². The summed E-state index contributed by atoms with van der Waals surface area (Å²) in [5.41, 5.74) is 4.32. The fraction of sp³-hybridized carbons (Fsp3) is 0.469. The molecule has 0 radical (unpaired) electrons. The summed E-state index contributed by atoms with van der Waals surface area (Å²) in [5.74, 6) is -0.111. The van der Waals surface area contributed by atoms with E-state index in [1.807, 2.05) is 32.0 Å². The lowest BCUT2D eigenvalue weighted by Gasteiger charge is -2.53. The van der Waals surface area contributed by atoms with E-state index >= 15 is 0 Å². The van der Waals surface area contributed by atoms with E-state index in [1.54, 1.807) is 18.2 Å². The lowest BCUT2D eigenvalue weighted by Crippen LogP contribution is -2.61. The first-order chi connectivity index (χ1) is 20.2. The number of carbonyl (C=O) groups excluding carboxylic acids is 1. The summed E-state index contributed by atoms with van der Waals surface area (Å²) in [4.78, 5) is 25.0. The molecule has 3 aromatic rings. The number of fused-ring (bicyclic) bond motifs is 5. The van der Waals surface area contributed by atoms with Gasteiger partial charge >= 0.3 is 0 Å². The van der Waals surface area contributed by atoms with E-state index < -0.39 is 10.0 Å². The van der Waals surface area contributed by atoms with Crippen LogP contribution in [0.2, 0.25) is 0 Å². The van der Waals surface area contributed by atoms with Gasteiger partial charge in [-0.3, -0.25) is 9.69 Å². The van der Waals surface area contributed by atoms with Gasteiger partial charge < -0.3 is 10.1 Å². The van der Waals surface area contributed by atoms with Crippen LogP contribution >= 0.6 is 0 Å². The van der Waals surface area contributed by atoms with Crippen molar-refractivity contribution in [2.45, 2.75) is 81.9 Å². The fourth-order valence-corrected chi connectivity index (χ4v) is 8.55. The number of amides is 1. The zero-order valence-corrected chi connectivity index (χ0v) is 24.9. The molecule has 3 fully saturated rings. The number of aromatic nitrogens is 2. The average molecular weight is 588 g/mol. The van der Waals surface area contributed by atoms with Crippen LogP contribution in [0.3, 0.4) is 0 Å². The molecule has 2 aromatic carbocycles. The van der Waals surface area contributed by atoms with Crippen LogP contribution in [0.5, 0.6) is 5.88 Å². The number of likely N-dealkylation sites (tertiary alicyclic amines) is 1. The lowest BCUT2D eigenvalue weighted by molar-refractivity contribution is -0.0385. The van der Waals surface area contributed by atoms with Gasteiger partial charge in [-0.2, -0.15) is 4.98 Å². The Balaban J connectivity index is 1.28. The van der Waals surface area contributed by atoms with Crippen LogP contribution in [0.15, 0.2) is 53.4 Å². The number of aryl methyl sites for hydroxylation is 2. The molecule has 1 spiro atoms. The Bertz CT molecular complexity index is 1620. The number of nitrogens with one attached hydrogen (secondary N) is 2. The second-order valence-corrected chi connectivity index (χ2v) is 14.3. The third-order valence-corrected chi connectivity index (χ3v) is 11.1. The monoisotopic (exact) mass is 587 g/mol. The average Bonchev–Trinajstić information content (AvgIpc) is 3.43. The summed E-state index contributed by atoms with van der Waals surface area (Å²) >= 11 is 0. The highest BCUT2D eigenvalue weighted by Gasteiger charge is 2.49. The summed E-state index contributed by atoms with van der Waals surface area (Å²) in [6, 6.07) is 14.1. The lowest BCUT2D eigenvalue weighted by atomic mass is 9.63. The van der Waals surface area contributed by atoms with E-state index in [-0.39, 0.29) is 40.3 Å². The SMILES string of the molecule is Cc1cccc(C)c1-c1cc2nc(n1)NS(=O)(=O)c1cccc(c1)C(=O)N[C@H]1CCN(C3CC4(CCCC4)C3)C[C@H]1O2. The van der Waals surface area contributed by atoms with E-state index in [0.29, 0.717) is 23.7 Å². The van der Waals surface area contributed by atoms with E-state index in [2.05, 4.69) is 24.9 Å². The number of benzene rings is 2. The van der Waals surface area contributed by atoms with Crippen molar-refractivity contribution in [2.24, 2.45) is 5.41 Å². The minimum absolute atomic E-state index is 0.0323. The maximum Gasteiger partial charge on any atom is 0.264 e. The molecular weight excluding hydrogens is 550 g/mol. The highest BCUT2D eigenvalue weighted by Crippen LogP contribution is 2.55. The summed E-state index contributed by atoms with van der Waals surface area (Å²) in [5, 5.41) is 3.16. The van der Waals surface area contributed by atoms with Crippen molar-refractivity contribution in [3.8, 4) is 17.1 Å². The van der Waals surface area contributed by atoms with Gasteiger partial charge in [0.15, 0.2) is 0 Å². The minimum atomic E-state index is -4.07. The van der Waals surface area contributed by atoms with Crippen LogP contribution in [0.25, 0.3) is 11.3 Å². The first kappa shape index (κ1) is 27.3. The van der Waals surface area contributed by atoms with Crippen molar-refractivity contribution in [1.29, 1.82) is 0 Å². The first-order valence-electron chi connectivity index (χ1n) is 15.0. The molecule has 2 N–H and O–H groups in total. The Kier molecular flexibility index (Phi) is 6.73. The van der Waals surface area contributed by atoms with Crippen molar-refractivity contribution >= 4 is 21.9 Å². The van der Waals surface area contributed by atoms with Gasteiger partial charge in [-0.1, -0.05) is 37.1 Å². The molecule has 1 saturated heterocycles. The van der Waals surface area contributed by atoms with Crippen LogP contribution in [0, 0.1) is 19.3 Å². The summed E-state index contributed by atoms with van der Waals surface area (Å²) in [7, 11) is -4.07. The highest BCUT2D eigenvalue weighted by molar-refractivity contribution is 7.92. The number of rotatable bonds is 2. The largest absolute Gasteiger partial charge is 0.471 e. The maximum absolute atomic E-state index is 13.4. The Labute approximate surface area is 247 Å². The van der Waals surface area contributed by atoms with Crippen LogP contribution < -0.4 is 14.8 Å². The standard InChI is InChI=1S/C32H37N5O4S/c1-20-7-5-8-21(2)29(20)26-16-28-35-31(34-26)36-42(39,40)24-10-6-9-22(15-24)30(38)33-25-11-14-37(19-27(25)41-28)23-17-32(18-23)12-3-4-13-32/h5-10,15-16,23,25,27H,3-4,11-14,17-19H2,1-2H3,(H,33,38)(H,34,35,36)/t25-,27+/m0/s1. The van der Waals surface area contributed by atoms with Gasteiger partial charge in [0.05, 0.1) is 16.6 Å². The molecule has 4 bridgehead atoms. The van der Waals surface area contributed by atoms with Crippen LogP contribution in [0.1, 0.15) is 66.4 Å². The Hall–Kier alpha value is -3.50. The van der Waals surface area contributed by atoms with E-state index in [4.69, 9.17) is 4.74 Å². The second kappa shape index (κ2) is 10.3. The number of hydrogen-bond acceptors (Lipinski definition) is 7. The first-order valence-corrected chi connectivity index (χ1v) is 16.5. The number of ether oxygens (including phenoxy) is 1. The molecule has 9 nitrogen and oxygen atoms in total. The van der Waals surface area contributed by atoms with Gasteiger partial charge in [0.1, 0.15) is 6.10 Å². The molecule has 2 aliphatic heterocycles. The van der Waals surface area contributed by atoms with Crippen LogP contribution in [-0.4, -0.2) is 60.5 Å². The van der Waals surface area contributed by atoms with Gasteiger partial charge in [-0.05, 0) is 80.7 Å². The molecule has 220 valence electrons. The molecule has 7 rings (SSSR count). The smallest absolute Gasteiger partial charge is 0.264 e. The molecule has 1 amide bonds. The van der Waals surface area contributed by atoms with Gasteiger partial charge in [0.2, 0.25) is 11.8 Å². The van der Waals surface area contributed by atoms with Crippen molar-refractivity contribution in [3.63, 3.8) is 0 Å². The molecule has 2 saturated carbocycles. The third kappa shape index (κ3) is 5.04. The Morgan fingerprint density at radius 2 is 1.74 bits per heavy atom. The van der Waals surface area contributed by atoms with Crippen molar-refractivity contribution in [1.82, 2.24) is 20.2 Å². The summed E-state index contributed by atoms with van der Waals surface area (Å²) < 4.78 is 36.0. The molecule has 1 aromatic heterocycles. The maximum atomic E-state index is 13.4. The molecule has 2 atom stereocenters. The van der Waals surface area contributed by atoms with E-state index in [0.717, 1.165) is 29.7 Å². The van der Waals surface area contributed by atoms with Crippen LogP contribution in [-0.2, 0) is 10.0 Å². The molecule has 4 aliphatic rings. The predicted molar refractivity (Wildman–Crippen MR) is 160 cm³/mol. The molecule has 3 heterocycles. The summed E-state index contributed by atoms with van der Waals surface area (Å²) in [6.07, 6.45) is 8.21. The number of carbonyl (C=O) groups is 1. The van der Waals surface area contributed by atoms with Crippen molar-refractivity contribution in [3.05, 3.63) is 65.2 Å².